The number of methoxy groups -OCH3 is 1. The third-order valence-corrected chi connectivity index (χ3v) is 4.52. The van der Waals surface area contributed by atoms with E-state index in [1.54, 1.807) is 7.11 Å². The molecule has 19 heavy (non-hydrogen) atoms. The van der Waals surface area contributed by atoms with Crippen LogP contribution in [0.5, 0.6) is 0 Å². The number of Topliss-reactive ketones (excluding diaryl/α,β-unsaturated/α-hetero) is 1. The summed E-state index contributed by atoms with van der Waals surface area (Å²) in [7, 11) is 1.65. The van der Waals surface area contributed by atoms with E-state index in [1.807, 2.05) is 12.1 Å². The highest BCUT2D eigenvalue weighted by Crippen LogP contribution is 2.39. The Labute approximate surface area is 113 Å². The molecular weight excluding hydrogens is 240 g/mol. The van der Waals surface area contributed by atoms with Crippen molar-refractivity contribution in [3.8, 4) is 0 Å². The Morgan fingerprint density at radius 2 is 2.21 bits per heavy atom. The van der Waals surface area contributed by atoms with Gasteiger partial charge in [0.05, 0.1) is 12.7 Å². The maximum absolute atomic E-state index is 12.5. The normalized spacial score (nSPS) is 24.4. The number of benzene rings is 1. The molecule has 3 nitrogen and oxygen atoms in total. The molecule has 1 aromatic carbocycles. The molecule has 0 aromatic heterocycles. The van der Waals surface area contributed by atoms with Crippen LogP contribution in [0.25, 0.3) is 0 Å². The third-order valence-electron chi connectivity index (χ3n) is 4.52. The largest absolute Gasteiger partial charge is 0.373 e. The van der Waals surface area contributed by atoms with E-state index in [0.717, 1.165) is 25.7 Å². The van der Waals surface area contributed by atoms with Crippen LogP contribution in [-0.4, -0.2) is 25.1 Å². The number of ketones is 1. The number of rotatable bonds is 4. The summed E-state index contributed by atoms with van der Waals surface area (Å²) in [6.45, 7) is 0.703. The molecule has 0 amide bonds. The Balaban J connectivity index is 1.76. The first-order chi connectivity index (χ1) is 9.25. The molecule has 0 saturated heterocycles. The highest BCUT2D eigenvalue weighted by atomic mass is 16.5. The van der Waals surface area contributed by atoms with Crippen LogP contribution in [0.4, 0.5) is 0 Å². The van der Waals surface area contributed by atoms with Gasteiger partial charge in [-0.1, -0.05) is 24.3 Å². The van der Waals surface area contributed by atoms with Crippen molar-refractivity contribution in [3.05, 3.63) is 35.4 Å². The first-order valence-corrected chi connectivity index (χ1v) is 7.03. The smallest absolute Gasteiger partial charge is 0.167 e. The van der Waals surface area contributed by atoms with Gasteiger partial charge in [0, 0.05) is 13.5 Å². The van der Waals surface area contributed by atoms with Crippen LogP contribution in [-0.2, 0) is 20.7 Å². The Bertz CT molecular complexity index is 471. The van der Waals surface area contributed by atoms with Gasteiger partial charge < -0.3 is 9.47 Å². The SMILES string of the molecule is COC1(C(=O)CC2OCCc3ccccc32)CCC1. The van der Waals surface area contributed by atoms with Gasteiger partial charge in [0.2, 0.25) is 0 Å². The molecule has 0 bridgehead atoms. The molecule has 1 aromatic rings. The molecule has 1 unspecified atom stereocenters. The number of hydrogen-bond acceptors (Lipinski definition) is 3. The van der Waals surface area contributed by atoms with Gasteiger partial charge in [-0.3, -0.25) is 4.79 Å². The molecule has 1 saturated carbocycles. The van der Waals surface area contributed by atoms with Gasteiger partial charge in [0.15, 0.2) is 5.78 Å². The first kappa shape index (κ1) is 12.8. The lowest BCUT2D eigenvalue weighted by atomic mass is 9.74. The van der Waals surface area contributed by atoms with Crippen LogP contribution < -0.4 is 0 Å². The Hall–Kier alpha value is -1.19. The van der Waals surface area contributed by atoms with E-state index in [2.05, 4.69) is 12.1 Å². The minimum Gasteiger partial charge on any atom is -0.373 e. The van der Waals surface area contributed by atoms with E-state index >= 15 is 0 Å². The van der Waals surface area contributed by atoms with Gasteiger partial charge in [0.25, 0.3) is 0 Å². The van der Waals surface area contributed by atoms with Gasteiger partial charge in [-0.15, -0.1) is 0 Å². The molecule has 0 spiro atoms. The molecule has 102 valence electrons. The zero-order valence-corrected chi connectivity index (χ0v) is 11.4. The van der Waals surface area contributed by atoms with Crippen LogP contribution in [0.2, 0.25) is 0 Å². The van der Waals surface area contributed by atoms with Crippen LogP contribution in [0, 0.1) is 0 Å². The van der Waals surface area contributed by atoms with Crippen molar-refractivity contribution in [2.75, 3.05) is 13.7 Å². The molecule has 1 aliphatic heterocycles. The average molecular weight is 260 g/mol. The maximum atomic E-state index is 12.5. The van der Waals surface area contributed by atoms with Gasteiger partial charge in [-0.2, -0.15) is 0 Å². The topological polar surface area (TPSA) is 35.5 Å². The number of hydrogen-bond donors (Lipinski definition) is 0. The lowest BCUT2D eigenvalue weighted by molar-refractivity contribution is -0.155. The summed E-state index contributed by atoms with van der Waals surface area (Å²) in [5.41, 5.74) is 1.97. The summed E-state index contributed by atoms with van der Waals surface area (Å²) in [6, 6.07) is 8.27. The molecule has 1 heterocycles. The van der Waals surface area contributed by atoms with E-state index in [0.29, 0.717) is 13.0 Å². The van der Waals surface area contributed by atoms with Crippen LogP contribution in [0.1, 0.15) is 42.9 Å². The van der Waals surface area contributed by atoms with Gasteiger partial charge in [0.1, 0.15) is 5.60 Å². The number of carbonyl (C=O) groups excluding carboxylic acids is 1. The zero-order valence-electron chi connectivity index (χ0n) is 11.4. The van der Waals surface area contributed by atoms with Crippen molar-refractivity contribution >= 4 is 5.78 Å². The second kappa shape index (κ2) is 5.06. The van der Waals surface area contributed by atoms with Gasteiger partial charge in [-0.05, 0) is 36.8 Å². The van der Waals surface area contributed by atoms with Gasteiger partial charge >= 0.3 is 0 Å². The molecule has 1 aliphatic carbocycles. The molecule has 3 rings (SSSR count). The Morgan fingerprint density at radius 3 is 2.89 bits per heavy atom. The van der Waals surface area contributed by atoms with E-state index in [-0.39, 0.29) is 11.9 Å². The minimum absolute atomic E-state index is 0.0925. The second-order valence-electron chi connectivity index (χ2n) is 5.49. The fourth-order valence-electron chi connectivity index (χ4n) is 3.09. The lowest BCUT2D eigenvalue weighted by Crippen LogP contribution is -2.47. The Kier molecular flexibility index (Phi) is 3.42. The van der Waals surface area contributed by atoms with Crippen LogP contribution >= 0.6 is 0 Å². The highest BCUT2D eigenvalue weighted by molar-refractivity contribution is 5.88. The van der Waals surface area contributed by atoms with E-state index in [1.165, 1.54) is 11.1 Å². The second-order valence-corrected chi connectivity index (χ2v) is 5.49. The monoisotopic (exact) mass is 260 g/mol. The van der Waals surface area contributed by atoms with Crippen molar-refractivity contribution in [2.45, 2.75) is 43.8 Å². The molecule has 0 N–H and O–H groups in total. The summed E-state index contributed by atoms with van der Waals surface area (Å²) in [5, 5.41) is 0. The number of fused-ring (bicyclic) bond motifs is 1. The van der Waals surface area contributed by atoms with Crippen LogP contribution in [0.15, 0.2) is 24.3 Å². The molecule has 3 heteroatoms. The standard InChI is InChI=1S/C16H20O3/c1-18-16(8-4-9-16)15(17)11-14-13-6-3-2-5-12(13)7-10-19-14/h2-3,5-6,14H,4,7-11H2,1H3. The van der Waals surface area contributed by atoms with E-state index in [4.69, 9.17) is 9.47 Å². The summed E-state index contributed by atoms with van der Waals surface area (Å²) < 4.78 is 11.3. The van der Waals surface area contributed by atoms with Crippen molar-refractivity contribution in [1.29, 1.82) is 0 Å². The predicted octanol–water partition coefficient (Wildman–Crippen LogP) is 2.83. The van der Waals surface area contributed by atoms with Gasteiger partial charge in [-0.25, -0.2) is 0 Å². The van der Waals surface area contributed by atoms with Crippen molar-refractivity contribution in [1.82, 2.24) is 0 Å². The first-order valence-electron chi connectivity index (χ1n) is 7.03. The van der Waals surface area contributed by atoms with Crippen molar-refractivity contribution in [2.24, 2.45) is 0 Å². The fourth-order valence-corrected chi connectivity index (χ4v) is 3.09. The number of ether oxygens (including phenoxy) is 2. The third kappa shape index (κ3) is 2.21. The fraction of sp³-hybridized carbons (Fsp3) is 0.562. The Morgan fingerprint density at radius 1 is 1.42 bits per heavy atom. The molecule has 1 atom stereocenters. The molecular formula is C16H20O3. The molecule has 1 fully saturated rings. The predicted molar refractivity (Wildman–Crippen MR) is 72.1 cm³/mol. The maximum Gasteiger partial charge on any atom is 0.167 e. The summed E-state index contributed by atoms with van der Waals surface area (Å²) in [6.07, 6.45) is 4.08. The average Bonchev–Trinajstić information content (AvgIpc) is 2.38. The summed E-state index contributed by atoms with van der Waals surface area (Å²) in [5.74, 6) is 0.197. The molecule has 2 aliphatic rings. The molecule has 0 radical (unpaired) electrons. The summed E-state index contributed by atoms with van der Waals surface area (Å²) in [4.78, 5) is 12.5. The number of carbonyl (C=O) groups is 1. The van der Waals surface area contributed by atoms with Crippen LogP contribution in [0.3, 0.4) is 0 Å². The highest BCUT2D eigenvalue weighted by Gasteiger charge is 2.45. The zero-order chi connectivity index (χ0) is 13.3. The van der Waals surface area contributed by atoms with Crippen molar-refractivity contribution < 1.29 is 14.3 Å². The van der Waals surface area contributed by atoms with Crippen molar-refractivity contribution in [3.63, 3.8) is 0 Å². The lowest BCUT2D eigenvalue weighted by Gasteiger charge is -2.40. The van der Waals surface area contributed by atoms with E-state index < -0.39 is 5.60 Å². The van der Waals surface area contributed by atoms with E-state index in [9.17, 15) is 4.79 Å². The minimum atomic E-state index is -0.518. The quantitative estimate of drug-likeness (QED) is 0.835. The summed E-state index contributed by atoms with van der Waals surface area (Å²) >= 11 is 0.